The van der Waals surface area contributed by atoms with E-state index in [-0.39, 0.29) is 12.3 Å². The van der Waals surface area contributed by atoms with Crippen molar-refractivity contribution in [1.29, 1.82) is 0 Å². The third-order valence-corrected chi connectivity index (χ3v) is 4.66. The normalized spacial score (nSPS) is 19.8. The minimum atomic E-state index is -1.06. The number of rotatable bonds is 8. The van der Waals surface area contributed by atoms with Gasteiger partial charge in [-0.2, -0.15) is 0 Å². The van der Waals surface area contributed by atoms with Gasteiger partial charge in [0.2, 0.25) is 5.91 Å². The first-order valence-corrected chi connectivity index (χ1v) is 11.1. The summed E-state index contributed by atoms with van der Waals surface area (Å²) in [7, 11) is 0. The second kappa shape index (κ2) is 11.4. The maximum absolute atomic E-state index is 13.1. The minimum Gasteiger partial charge on any atom is -0.480 e. The molecule has 0 aliphatic carbocycles. The molecule has 0 saturated carbocycles. The van der Waals surface area contributed by atoms with Crippen LogP contribution in [0.3, 0.4) is 0 Å². The summed E-state index contributed by atoms with van der Waals surface area (Å²) in [5.41, 5.74) is -1.33. The Balaban J connectivity index is 2.72. The summed E-state index contributed by atoms with van der Waals surface area (Å²) in [5, 5.41) is 14.7. The number of unbranched alkanes of at least 4 members (excludes halogenated alkanes) is 1. The predicted molar refractivity (Wildman–Crippen MR) is 118 cm³/mol. The molecule has 0 aromatic heterocycles. The molecule has 10 nitrogen and oxygen atoms in total. The molecule has 0 radical (unpaired) electrons. The summed E-state index contributed by atoms with van der Waals surface area (Å²) >= 11 is 0. The topological polar surface area (TPSA) is 134 Å². The average Bonchev–Trinajstić information content (AvgIpc) is 2.98. The second-order valence-corrected chi connectivity index (χ2v) is 10.3. The van der Waals surface area contributed by atoms with Gasteiger partial charge in [-0.1, -0.05) is 6.92 Å². The molecule has 0 unspecified atom stereocenters. The first-order chi connectivity index (χ1) is 14.6. The van der Waals surface area contributed by atoms with Crippen LogP contribution in [0.4, 0.5) is 9.59 Å². The number of amides is 3. The zero-order valence-corrected chi connectivity index (χ0v) is 20.3. The zero-order valence-electron chi connectivity index (χ0n) is 20.3. The Morgan fingerprint density at radius 1 is 1.00 bits per heavy atom. The third-order valence-electron chi connectivity index (χ3n) is 4.66. The molecule has 0 bridgehead atoms. The van der Waals surface area contributed by atoms with Crippen molar-refractivity contribution >= 4 is 24.1 Å². The molecule has 1 heterocycles. The van der Waals surface area contributed by atoms with Gasteiger partial charge in [0.25, 0.3) is 0 Å². The first-order valence-electron chi connectivity index (χ1n) is 11.1. The summed E-state index contributed by atoms with van der Waals surface area (Å²) in [6.45, 7) is 13.0. The van der Waals surface area contributed by atoms with Crippen LogP contribution in [0.5, 0.6) is 0 Å². The van der Waals surface area contributed by atoms with Gasteiger partial charge in [0.1, 0.15) is 23.3 Å². The lowest BCUT2D eigenvalue weighted by molar-refractivity contribution is -0.149. The third kappa shape index (κ3) is 10.2. The molecule has 0 aromatic carbocycles. The summed E-state index contributed by atoms with van der Waals surface area (Å²) in [6, 6.07) is -1.83. The number of ether oxygens (including phenoxy) is 2. The van der Waals surface area contributed by atoms with Crippen molar-refractivity contribution < 1.29 is 33.8 Å². The van der Waals surface area contributed by atoms with E-state index in [0.29, 0.717) is 32.4 Å². The number of hydrogen-bond acceptors (Lipinski definition) is 6. The standard InChI is InChI=1S/C22H39N3O7/c1-14-12-16(18(27)28)25(13-14)17(26)15(24-20(30)32-22(5,6)7)10-8-9-11-23-19(29)31-21(2,3)4/h14-16H,8-13H2,1-7H3,(H,23,29)(H,24,30)(H,27,28)/t14-,15+,16-/m0/s1. The van der Waals surface area contributed by atoms with Crippen LogP contribution in [0.2, 0.25) is 0 Å². The molecule has 10 heteroatoms. The van der Waals surface area contributed by atoms with Crippen LogP contribution in [0.15, 0.2) is 0 Å². The van der Waals surface area contributed by atoms with Gasteiger partial charge in [-0.15, -0.1) is 0 Å². The average molecular weight is 458 g/mol. The van der Waals surface area contributed by atoms with Crippen LogP contribution in [0, 0.1) is 5.92 Å². The molecule has 1 aliphatic rings. The van der Waals surface area contributed by atoms with E-state index in [1.807, 2.05) is 6.92 Å². The number of carboxylic acid groups (broad SMARTS) is 1. The number of carbonyl (C=O) groups excluding carboxylic acids is 3. The van der Waals surface area contributed by atoms with Crippen molar-refractivity contribution in [3.8, 4) is 0 Å². The van der Waals surface area contributed by atoms with Gasteiger partial charge in [-0.25, -0.2) is 14.4 Å². The molecule has 184 valence electrons. The van der Waals surface area contributed by atoms with Crippen molar-refractivity contribution in [2.24, 2.45) is 5.92 Å². The molecule has 32 heavy (non-hydrogen) atoms. The molecule has 0 aromatic rings. The highest BCUT2D eigenvalue weighted by Gasteiger charge is 2.40. The van der Waals surface area contributed by atoms with Gasteiger partial charge >= 0.3 is 18.2 Å². The van der Waals surface area contributed by atoms with E-state index in [0.717, 1.165) is 0 Å². The lowest BCUT2D eigenvalue weighted by Gasteiger charge is -2.28. The summed E-state index contributed by atoms with van der Waals surface area (Å²) in [6.07, 6.45) is 0.473. The van der Waals surface area contributed by atoms with Crippen molar-refractivity contribution in [2.75, 3.05) is 13.1 Å². The number of aliphatic carboxylic acids is 1. The number of nitrogens with one attached hydrogen (secondary N) is 2. The van der Waals surface area contributed by atoms with Gasteiger partial charge in [0, 0.05) is 13.1 Å². The van der Waals surface area contributed by atoms with Crippen LogP contribution in [0.1, 0.15) is 74.1 Å². The molecule has 1 rings (SSSR count). The molecule has 3 atom stereocenters. The zero-order chi connectivity index (χ0) is 24.7. The number of hydrogen-bond donors (Lipinski definition) is 3. The highest BCUT2D eigenvalue weighted by Crippen LogP contribution is 2.24. The predicted octanol–water partition coefficient (Wildman–Crippen LogP) is 2.90. The van der Waals surface area contributed by atoms with Crippen molar-refractivity contribution in [3.05, 3.63) is 0 Å². The molecule has 1 saturated heterocycles. The SMILES string of the molecule is C[C@H]1C[C@@H](C(=O)O)N(C(=O)[C@@H](CCCCNC(=O)OC(C)(C)C)NC(=O)OC(C)(C)C)C1. The Labute approximate surface area is 190 Å². The molecule has 3 amide bonds. The molecule has 1 fully saturated rings. The lowest BCUT2D eigenvalue weighted by Crippen LogP contribution is -2.52. The van der Waals surface area contributed by atoms with Crippen LogP contribution < -0.4 is 10.6 Å². The monoisotopic (exact) mass is 457 g/mol. The van der Waals surface area contributed by atoms with Crippen molar-refractivity contribution in [1.82, 2.24) is 15.5 Å². The molecular formula is C22H39N3O7. The number of nitrogens with zero attached hydrogens (tertiary/aromatic N) is 1. The Morgan fingerprint density at radius 2 is 1.56 bits per heavy atom. The lowest BCUT2D eigenvalue weighted by atomic mass is 10.1. The highest BCUT2D eigenvalue weighted by molar-refractivity contribution is 5.89. The van der Waals surface area contributed by atoms with Crippen LogP contribution in [0.25, 0.3) is 0 Å². The largest absolute Gasteiger partial charge is 0.480 e. The van der Waals surface area contributed by atoms with E-state index in [1.54, 1.807) is 41.5 Å². The molecular weight excluding hydrogens is 418 g/mol. The molecule has 0 spiro atoms. The van der Waals surface area contributed by atoms with Gasteiger partial charge in [0.05, 0.1) is 0 Å². The van der Waals surface area contributed by atoms with Crippen LogP contribution in [-0.2, 0) is 19.1 Å². The van der Waals surface area contributed by atoms with Gasteiger partial charge < -0.3 is 30.1 Å². The molecule has 3 N–H and O–H groups in total. The minimum absolute atomic E-state index is 0.0558. The summed E-state index contributed by atoms with van der Waals surface area (Å²) < 4.78 is 10.4. The number of carbonyl (C=O) groups is 4. The maximum atomic E-state index is 13.1. The van der Waals surface area contributed by atoms with Crippen LogP contribution >= 0.6 is 0 Å². The van der Waals surface area contributed by atoms with Crippen molar-refractivity contribution in [3.63, 3.8) is 0 Å². The number of alkyl carbamates (subject to hydrolysis) is 2. The summed E-state index contributed by atoms with van der Waals surface area (Å²) in [4.78, 5) is 50.1. The molecule has 1 aliphatic heterocycles. The fourth-order valence-electron chi connectivity index (χ4n) is 3.41. The number of carboxylic acids is 1. The quantitative estimate of drug-likeness (QED) is 0.477. The van der Waals surface area contributed by atoms with E-state index in [1.165, 1.54) is 4.90 Å². The van der Waals surface area contributed by atoms with E-state index in [2.05, 4.69) is 10.6 Å². The fraction of sp³-hybridized carbons (Fsp3) is 0.818. The smallest absolute Gasteiger partial charge is 0.408 e. The number of likely N-dealkylation sites (tertiary alicyclic amines) is 1. The van der Waals surface area contributed by atoms with Gasteiger partial charge in [0.15, 0.2) is 0 Å². The first kappa shape index (κ1) is 27.5. The van der Waals surface area contributed by atoms with E-state index >= 15 is 0 Å². The Bertz CT molecular complexity index is 682. The van der Waals surface area contributed by atoms with E-state index in [9.17, 15) is 24.3 Å². The highest BCUT2D eigenvalue weighted by atomic mass is 16.6. The maximum Gasteiger partial charge on any atom is 0.408 e. The fourth-order valence-corrected chi connectivity index (χ4v) is 3.41. The Morgan fingerprint density at radius 3 is 2.09 bits per heavy atom. The second-order valence-electron chi connectivity index (χ2n) is 10.3. The van der Waals surface area contributed by atoms with E-state index < -0.39 is 47.3 Å². The van der Waals surface area contributed by atoms with Gasteiger partial charge in [-0.05, 0) is 73.1 Å². The van der Waals surface area contributed by atoms with Crippen LogP contribution in [-0.4, -0.2) is 70.4 Å². The van der Waals surface area contributed by atoms with E-state index in [4.69, 9.17) is 9.47 Å². The van der Waals surface area contributed by atoms with Crippen molar-refractivity contribution in [2.45, 2.75) is 97.4 Å². The Kier molecular flexibility index (Phi) is 9.78. The van der Waals surface area contributed by atoms with Gasteiger partial charge in [-0.3, -0.25) is 4.79 Å². The summed E-state index contributed by atoms with van der Waals surface area (Å²) in [5.74, 6) is -1.44. The Hall–Kier alpha value is -2.52.